The van der Waals surface area contributed by atoms with Crippen molar-refractivity contribution in [1.82, 2.24) is 14.8 Å². The topological polar surface area (TPSA) is 80.6 Å². The third kappa shape index (κ3) is 3.94. The number of rotatable bonds is 3. The zero-order valence-corrected chi connectivity index (χ0v) is 16.0. The number of amides is 1. The first-order valence-corrected chi connectivity index (χ1v) is 8.82. The summed E-state index contributed by atoms with van der Waals surface area (Å²) in [5.41, 5.74) is 0.687. The monoisotopic (exact) mass is 383 g/mol. The van der Waals surface area contributed by atoms with Gasteiger partial charge in [-0.15, -0.1) is 12.4 Å². The summed E-state index contributed by atoms with van der Waals surface area (Å²) < 4.78 is 6.47. The molecular weight excluding hydrogens is 358 g/mol. The van der Waals surface area contributed by atoms with Gasteiger partial charge in [-0.1, -0.05) is 0 Å². The number of methoxy groups -OCH3 is 1. The van der Waals surface area contributed by atoms with Gasteiger partial charge in [0.2, 0.25) is 0 Å². The van der Waals surface area contributed by atoms with Crippen LogP contribution in [-0.4, -0.2) is 54.6 Å². The van der Waals surface area contributed by atoms with Crippen molar-refractivity contribution in [2.45, 2.75) is 32.2 Å². The van der Waals surface area contributed by atoms with E-state index in [0.29, 0.717) is 25.1 Å². The van der Waals surface area contributed by atoms with Crippen LogP contribution in [0.15, 0.2) is 17.1 Å². The van der Waals surface area contributed by atoms with Gasteiger partial charge >= 0.3 is 5.97 Å². The van der Waals surface area contributed by atoms with Gasteiger partial charge in [0.25, 0.3) is 11.5 Å². The van der Waals surface area contributed by atoms with Crippen molar-refractivity contribution in [2.75, 3.05) is 33.3 Å². The van der Waals surface area contributed by atoms with Gasteiger partial charge in [-0.2, -0.15) is 0 Å². The van der Waals surface area contributed by atoms with Gasteiger partial charge in [-0.25, -0.2) is 0 Å². The maximum atomic E-state index is 13.0. The van der Waals surface area contributed by atoms with Gasteiger partial charge in [0.05, 0.1) is 13.0 Å². The lowest BCUT2D eigenvalue weighted by Gasteiger charge is -2.26. The molecule has 2 aliphatic heterocycles. The minimum atomic E-state index is -0.301. The summed E-state index contributed by atoms with van der Waals surface area (Å²) in [4.78, 5) is 39.2. The summed E-state index contributed by atoms with van der Waals surface area (Å²) in [6.45, 7) is 4.32. The quantitative estimate of drug-likeness (QED) is 0.791. The van der Waals surface area contributed by atoms with Gasteiger partial charge in [0.15, 0.2) is 0 Å². The molecule has 0 aromatic carbocycles. The van der Waals surface area contributed by atoms with E-state index in [0.717, 1.165) is 25.9 Å². The average molecular weight is 384 g/mol. The van der Waals surface area contributed by atoms with Crippen LogP contribution in [-0.2, 0) is 9.53 Å². The van der Waals surface area contributed by atoms with Gasteiger partial charge in [-0.05, 0) is 50.9 Å². The summed E-state index contributed by atoms with van der Waals surface area (Å²) in [6.07, 6.45) is 4.13. The molecule has 0 spiro atoms. The molecule has 0 bridgehead atoms. The fraction of sp³-hybridized carbons (Fsp3) is 0.611. The molecule has 2 fully saturated rings. The van der Waals surface area contributed by atoms with Crippen molar-refractivity contribution in [2.24, 2.45) is 5.92 Å². The number of piperidine rings is 1. The Bertz CT molecular complexity index is 728. The number of aryl methyl sites for hydroxylation is 1. The molecule has 8 heteroatoms. The van der Waals surface area contributed by atoms with Crippen molar-refractivity contribution in [3.8, 4) is 0 Å². The average Bonchev–Trinajstić information content (AvgIpc) is 3.12. The molecule has 1 aromatic heterocycles. The Morgan fingerprint density at radius 3 is 2.58 bits per heavy atom. The lowest BCUT2D eigenvalue weighted by molar-refractivity contribution is -0.144. The SMILES string of the molecule is COC(=O)C1CCN(C(=O)c2c(C)ccn(C3CCNCC3)c2=O)C1.Cl. The highest BCUT2D eigenvalue weighted by atomic mass is 35.5. The minimum Gasteiger partial charge on any atom is -0.469 e. The number of aromatic nitrogens is 1. The maximum Gasteiger partial charge on any atom is 0.310 e. The van der Waals surface area contributed by atoms with Crippen LogP contribution in [0, 0.1) is 12.8 Å². The first kappa shape index (κ1) is 20.5. The molecule has 0 radical (unpaired) electrons. The fourth-order valence-electron chi connectivity index (χ4n) is 3.74. The van der Waals surface area contributed by atoms with Crippen LogP contribution >= 0.6 is 12.4 Å². The van der Waals surface area contributed by atoms with E-state index in [1.165, 1.54) is 7.11 Å². The lowest BCUT2D eigenvalue weighted by atomic mass is 10.0. The summed E-state index contributed by atoms with van der Waals surface area (Å²) in [6, 6.07) is 1.96. The highest BCUT2D eigenvalue weighted by Crippen LogP contribution is 2.21. The second kappa shape index (κ2) is 8.68. The Morgan fingerprint density at radius 1 is 1.23 bits per heavy atom. The van der Waals surface area contributed by atoms with E-state index < -0.39 is 0 Å². The van der Waals surface area contributed by atoms with Gasteiger partial charge < -0.3 is 19.5 Å². The van der Waals surface area contributed by atoms with E-state index >= 15 is 0 Å². The van der Waals surface area contributed by atoms with Crippen LogP contribution < -0.4 is 10.9 Å². The number of likely N-dealkylation sites (tertiary alicyclic amines) is 1. The second-order valence-corrected chi connectivity index (χ2v) is 6.83. The number of pyridine rings is 1. The van der Waals surface area contributed by atoms with Crippen LogP contribution in [0.2, 0.25) is 0 Å². The first-order chi connectivity index (χ1) is 12.0. The molecule has 3 rings (SSSR count). The molecule has 2 aliphatic rings. The van der Waals surface area contributed by atoms with Crippen molar-refractivity contribution in [3.63, 3.8) is 0 Å². The molecule has 1 unspecified atom stereocenters. The predicted octanol–water partition coefficient (Wildman–Crippen LogP) is 1.14. The molecule has 0 aliphatic carbocycles. The third-order valence-corrected chi connectivity index (χ3v) is 5.25. The lowest BCUT2D eigenvalue weighted by Crippen LogP contribution is -2.39. The molecule has 2 saturated heterocycles. The molecular formula is C18H26ClN3O4. The Labute approximate surface area is 159 Å². The third-order valence-electron chi connectivity index (χ3n) is 5.25. The van der Waals surface area contributed by atoms with E-state index in [2.05, 4.69) is 5.32 Å². The van der Waals surface area contributed by atoms with Crippen LogP contribution in [0.1, 0.15) is 41.2 Å². The van der Waals surface area contributed by atoms with Crippen molar-refractivity contribution >= 4 is 24.3 Å². The molecule has 7 nitrogen and oxygen atoms in total. The standard InChI is InChI=1S/C18H25N3O4.ClH/c1-12-5-10-21(14-3-7-19-8-4-14)17(23)15(12)16(22)20-9-6-13(11-20)18(24)25-2;/h5,10,13-14,19H,3-4,6-9,11H2,1-2H3;1H. The van der Waals surface area contributed by atoms with Gasteiger partial charge in [0, 0.05) is 25.3 Å². The Hall–Kier alpha value is -1.86. The number of halogens is 1. The van der Waals surface area contributed by atoms with Gasteiger partial charge in [0.1, 0.15) is 5.56 Å². The molecule has 1 amide bonds. The van der Waals surface area contributed by atoms with Crippen molar-refractivity contribution in [1.29, 1.82) is 0 Å². The molecule has 144 valence electrons. The van der Waals surface area contributed by atoms with E-state index in [-0.39, 0.29) is 47.4 Å². The minimum absolute atomic E-state index is 0. The zero-order valence-electron chi connectivity index (χ0n) is 15.2. The molecule has 1 atom stereocenters. The first-order valence-electron chi connectivity index (χ1n) is 8.82. The van der Waals surface area contributed by atoms with E-state index in [9.17, 15) is 14.4 Å². The smallest absolute Gasteiger partial charge is 0.310 e. The van der Waals surface area contributed by atoms with Crippen molar-refractivity contribution < 1.29 is 14.3 Å². The van der Waals surface area contributed by atoms with Crippen LogP contribution in [0.25, 0.3) is 0 Å². The van der Waals surface area contributed by atoms with Crippen LogP contribution in [0.3, 0.4) is 0 Å². The van der Waals surface area contributed by atoms with Crippen LogP contribution in [0.5, 0.6) is 0 Å². The molecule has 0 saturated carbocycles. The number of nitrogens with one attached hydrogen (secondary N) is 1. The van der Waals surface area contributed by atoms with E-state index in [4.69, 9.17) is 4.74 Å². The molecule has 1 aromatic rings. The summed E-state index contributed by atoms with van der Waals surface area (Å²) in [5.74, 6) is -0.881. The van der Waals surface area contributed by atoms with E-state index in [1.54, 1.807) is 22.6 Å². The maximum absolute atomic E-state index is 13.0. The number of carbonyl (C=O) groups excluding carboxylic acids is 2. The summed E-state index contributed by atoms with van der Waals surface area (Å²) in [7, 11) is 1.35. The molecule has 26 heavy (non-hydrogen) atoms. The number of hydrogen-bond acceptors (Lipinski definition) is 5. The number of carbonyl (C=O) groups is 2. The largest absolute Gasteiger partial charge is 0.469 e. The zero-order chi connectivity index (χ0) is 18.0. The van der Waals surface area contributed by atoms with E-state index in [1.807, 2.05) is 6.07 Å². The highest BCUT2D eigenvalue weighted by molar-refractivity contribution is 5.95. The fourth-order valence-corrected chi connectivity index (χ4v) is 3.74. The molecule has 1 N–H and O–H groups in total. The van der Waals surface area contributed by atoms with Crippen LogP contribution in [0.4, 0.5) is 0 Å². The second-order valence-electron chi connectivity index (χ2n) is 6.83. The molecule has 3 heterocycles. The van der Waals surface area contributed by atoms with Crippen molar-refractivity contribution in [3.05, 3.63) is 33.7 Å². The Kier molecular flexibility index (Phi) is 6.83. The number of ether oxygens (including phenoxy) is 1. The number of esters is 1. The Morgan fingerprint density at radius 2 is 1.92 bits per heavy atom. The predicted molar refractivity (Wildman–Crippen MR) is 99.9 cm³/mol. The summed E-state index contributed by atoms with van der Waals surface area (Å²) in [5, 5.41) is 3.28. The Balaban J connectivity index is 0.00000243. The number of hydrogen-bond donors (Lipinski definition) is 1. The van der Waals surface area contributed by atoms with Gasteiger partial charge in [-0.3, -0.25) is 14.4 Å². The number of nitrogens with zero attached hydrogens (tertiary/aromatic N) is 2. The summed E-state index contributed by atoms with van der Waals surface area (Å²) >= 11 is 0. The normalized spacial score (nSPS) is 20.5. The highest BCUT2D eigenvalue weighted by Gasteiger charge is 2.34.